The van der Waals surface area contributed by atoms with Crippen LogP contribution in [0.25, 0.3) is 11.5 Å². The van der Waals surface area contributed by atoms with E-state index in [-0.39, 0.29) is 22.8 Å². The maximum atomic E-state index is 12.0. The maximum Gasteiger partial charge on any atom is 0.321 e. The highest BCUT2D eigenvalue weighted by Crippen LogP contribution is 2.42. The molecule has 0 radical (unpaired) electrons. The molecule has 0 atom stereocenters. The summed E-state index contributed by atoms with van der Waals surface area (Å²) in [6, 6.07) is 2.95. The number of nitrogens with one attached hydrogen (secondary N) is 2. The zero-order chi connectivity index (χ0) is 23.5. The molecule has 0 spiro atoms. The average molecular weight is 467 g/mol. The van der Waals surface area contributed by atoms with Crippen LogP contribution in [-0.2, 0) is 4.79 Å². The second kappa shape index (κ2) is 12.8. The number of ether oxygens (including phenoxy) is 3. The topological polar surface area (TPSA) is 125 Å². The molecule has 0 fully saturated rings. The van der Waals surface area contributed by atoms with Crippen LogP contribution in [-0.4, -0.2) is 54.3 Å². The van der Waals surface area contributed by atoms with Crippen molar-refractivity contribution in [3.05, 3.63) is 12.1 Å². The van der Waals surface area contributed by atoms with Crippen molar-refractivity contribution in [2.75, 3.05) is 32.1 Å². The third kappa shape index (κ3) is 7.63. The van der Waals surface area contributed by atoms with Crippen LogP contribution in [0.3, 0.4) is 0 Å². The molecule has 1 heterocycles. The van der Waals surface area contributed by atoms with E-state index in [2.05, 4.69) is 20.8 Å². The Bertz CT molecular complexity index is 875. The number of thioether (sulfide) groups is 1. The number of benzene rings is 1. The summed E-state index contributed by atoms with van der Waals surface area (Å²) in [7, 11) is 0. The third-order valence-corrected chi connectivity index (χ3v) is 4.63. The van der Waals surface area contributed by atoms with Gasteiger partial charge in [0.2, 0.25) is 17.5 Å². The van der Waals surface area contributed by atoms with E-state index in [1.54, 1.807) is 12.1 Å². The van der Waals surface area contributed by atoms with Crippen LogP contribution in [0, 0.1) is 5.92 Å². The number of aromatic nitrogens is 2. The molecule has 0 aliphatic carbocycles. The number of carbonyl (C=O) groups is 2. The van der Waals surface area contributed by atoms with Crippen LogP contribution in [0.4, 0.5) is 4.79 Å². The van der Waals surface area contributed by atoms with E-state index in [9.17, 15) is 9.59 Å². The van der Waals surface area contributed by atoms with E-state index in [0.29, 0.717) is 49.2 Å². The Morgan fingerprint density at radius 2 is 1.66 bits per heavy atom. The molecule has 11 heteroatoms. The van der Waals surface area contributed by atoms with E-state index in [1.807, 2.05) is 34.6 Å². The summed E-state index contributed by atoms with van der Waals surface area (Å²) < 4.78 is 22.8. The van der Waals surface area contributed by atoms with E-state index < -0.39 is 11.9 Å². The summed E-state index contributed by atoms with van der Waals surface area (Å²) in [5.41, 5.74) is 0.595. The second-order valence-electron chi connectivity index (χ2n) is 6.91. The van der Waals surface area contributed by atoms with Crippen molar-refractivity contribution in [3.63, 3.8) is 0 Å². The number of hydrogen-bond donors (Lipinski definition) is 2. The molecule has 2 N–H and O–H groups in total. The molecule has 1 aromatic heterocycles. The Hall–Kier alpha value is -2.95. The normalized spacial score (nSPS) is 10.7. The number of urea groups is 1. The summed E-state index contributed by atoms with van der Waals surface area (Å²) in [5.74, 6) is 1.55. The predicted molar refractivity (Wildman–Crippen MR) is 120 cm³/mol. The smallest absolute Gasteiger partial charge is 0.321 e. The molecule has 0 aliphatic rings. The van der Waals surface area contributed by atoms with Crippen molar-refractivity contribution in [1.82, 2.24) is 20.8 Å². The largest absolute Gasteiger partial charge is 0.490 e. The van der Waals surface area contributed by atoms with Gasteiger partial charge in [-0.3, -0.25) is 10.1 Å². The first kappa shape index (κ1) is 25.3. The maximum absolute atomic E-state index is 12.0. The van der Waals surface area contributed by atoms with Gasteiger partial charge in [-0.1, -0.05) is 25.6 Å². The van der Waals surface area contributed by atoms with Gasteiger partial charge in [0.25, 0.3) is 5.22 Å². The van der Waals surface area contributed by atoms with Gasteiger partial charge in [-0.15, -0.1) is 10.2 Å². The quantitative estimate of drug-likeness (QED) is 0.452. The molecule has 0 aliphatic heterocycles. The Balaban J connectivity index is 2.09. The van der Waals surface area contributed by atoms with Crippen molar-refractivity contribution in [3.8, 4) is 28.7 Å². The van der Waals surface area contributed by atoms with Crippen molar-refractivity contribution in [2.45, 2.75) is 39.8 Å². The Morgan fingerprint density at radius 3 is 2.22 bits per heavy atom. The third-order valence-electron chi connectivity index (χ3n) is 3.81. The number of amides is 3. The molecule has 2 aromatic rings. The first-order valence-electron chi connectivity index (χ1n) is 10.5. The Kier molecular flexibility index (Phi) is 10.1. The number of nitrogens with zero attached hydrogens (tertiary/aromatic N) is 2. The molecular weight excluding hydrogens is 436 g/mol. The van der Waals surface area contributed by atoms with Gasteiger partial charge in [0.1, 0.15) is 0 Å². The first-order chi connectivity index (χ1) is 15.4. The number of carbonyl (C=O) groups excluding carboxylic acids is 2. The van der Waals surface area contributed by atoms with Gasteiger partial charge >= 0.3 is 6.03 Å². The zero-order valence-corrected chi connectivity index (χ0v) is 19.8. The zero-order valence-electron chi connectivity index (χ0n) is 19.0. The van der Waals surface area contributed by atoms with Crippen LogP contribution in [0.15, 0.2) is 21.8 Å². The summed E-state index contributed by atoms with van der Waals surface area (Å²) in [4.78, 5) is 23.6. The van der Waals surface area contributed by atoms with Crippen LogP contribution in [0.5, 0.6) is 17.2 Å². The molecule has 0 bridgehead atoms. The summed E-state index contributed by atoms with van der Waals surface area (Å²) in [5, 5.41) is 13.1. The fourth-order valence-corrected chi connectivity index (χ4v) is 3.09. The summed E-state index contributed by atoms with van der Waals surface area (Å²) in [6.07, 6.45) is 0. The second-order valence-corrected chi connectivity index (χ2v) is 7.84. The van der Waals surface area contributed by atoms with E-state index in [1.165, 1.54) is 0 Å². The SMILES string of the molecule is CCOc1cc(-c2nnc(SCC(=O)NC(=O)NCC(C)C)o2)cc(OCC)c1OCC. The highest BCUT2D eigenvalue weighted by atomic mass is 32.2. The molecule has 0 saturated heterocycles. The highest BCUT2D eigenvalue weighted by Gasteiger charge is 2.19. The van der Waals surface area contributed by atoms with E-state index >= 15 is 0 Å². The molecule has 2 rings (SSSR count). The minimum Gasteiger partial charge on any atom is -0.490 e. The number of rotatable bonds is 12. The fourth-order valence-electron chi connectivity index (χ4n) is 2.53. The standard InChI is InChI=1S/C21H30N4O6S/c1-6-28-15-9-14(10-16(29-7-2)18(15)30-8-3)19-24-25-21(31-19)32-12-17(26)23-20(27)22-11-13(4)5/h9-10,13H,6-8,11-12H2,1-5H3,(H2,22,23,26,27). The molecule has 3 amide bonds. The van der Waals surface area contributed by atoms with Crippen LogP contribution in [0.2, 0.25) is 0 Å². The molecular formula is C21H30N4O6S. The van der Waals surface area contributed by atoms with Gasteiger partial charge in [0.05, 0.1) is 25.6 Å². The monoisotopic (exact) mass is 466 g/mol. The number of hydrogen-bond acceptors (Lipinski definition) is 9. The van der Waals surface area contributed by atoms with Gasteiger partial charge in [-0.25, -0.2) is 4.79 Å². The predicted octanol–water partition coefficient (Wildman–Crippen LogP) is 3.51. The minimum atomic E-state index is -0.531. The molecule has 176 valence electrons. The minimum absolute atomic E-state index is 0.0472. The first-order valence-corrected chi connectivity index (χ1v) is 11.5. The van der Waals surface area contributed by atoms with Gasteiger partial charge in [0, 0.05) is 12.1 Å². The number of imide groups is 1. The van der Waals surface area contributed by atoms with Crippen molar-refractivity contribution in [2.24, 2.45) is 5.92 Å². The van der Waals surface area contributed by atoms with Gasteiger partial charge < -0.3 is 23.9 Å². The Labute approximate surface area is 191 Å². The Morgan fingerprint density at radius 1 is 1.03 bits per heavy atom. The van der Waals surface area contributed by atoms with Gasteiger partial charge in [0.15, 0.2) is 11.5 Å². The molecule has 32 heavy (non-hydrogen) atoms. The molecule has 1 aromatic carbocycles. The van der Waals surface area contributed by atoms with Crippen molar-refractivity contribution in [1.29, 1.82) is 0 Å². The lowest BCUT2D eigenvalue weighted by atomic mass is 10.2. The van der Waals surface area contributed by atoms with Crippen molar-refractivity contribution >= 4 is 23.7 Å². The lowest BCUT2D eigenvalue weighted by Gasteiger charge is -2.16. The fraction of sp³-hybridized carbons (Fsp3) is 0.524. The van der Waals surface area contributed by atoms with Crippen LogP contribution < -0.4 is 24.8 Å². The lowest BCUT2D eigenvalue weighted by molar-refractivity contribution is -0.117. The summed E-state index contributed by atoms with van der Waals surface area (Å²) in [6.45, 7) is 11.4. The molecule has 0 saturated carbocycles. The van der Waals surface area contributed by atoms with Crippen LogP contribution >= 0.6 is 11.8 Å². The molecule has 0 unspecified atom stereocenters. The summed E-state index contributed by atoms with van der Waals surface area (Å²) >= 11 is 1.03. The van der Waals surface area contributed by atoms with Crippen molar-refractivity contribution < 1.29 is 28.2 Å². The van der Waals surface area contributed by atoms with E-state index in [4.69, 9.17) is 18.6 Å². The lowest BCUT2D eigenvalue weighted by Crippen LogP contribution is -2.41. The van der Waals surface area contributed by atoms with Crippen LogP contribution in [0.1, 0.15) is 34.6 Å². The highest BCUT2D eigenvalue weighted by molar-refractivity contribution is 7.99. The average Bonchev–Trinajstić information content (AvgIpc) is 3.22. The van der Waals surface area contributed by atoms with Gasteiger partial charge in [-0.2, -0.15) is 0 Å². The van der Waals surface area contributed by atoms with Gasteiger partial charge in [-0.05, 0) is 38.8 Å². The molecule has 10 nitrogen and oxygen atoms in total. The van der Waals surface area contributed by atoms with E-state index in [0.717, 1.165) is 11.8 Å².